The molecule has 1 aromatic rings. The Morgan fingerprint density at radius 1 is 1.55 bits per heavy atom. The van der Waals surface area contributed by atoms with Gasteiger partial charge in [0.15, 0.2) is 0 Å². The summed E-state index contributed by atoms with van der Waals surface area (Å²) in [5.41, 5.74) is 0.0789. The Bertz CT molecular complexity index is 514. The maximum Gasteiger partial charge on any atom is 0.227 e. The van der Waals surface area contributed by atoms with Gasteiger partial charge in [0.2, 0.25) is 5.91 Å². The molecule has 0 aliphatic carbocycles. The number of rotatable bonds is 2. The number of benzene rings is 1. The number of halogens is 1. The van der Waals surface area contributed by atoms with E-state index in [-0.39, 0.29) is 18.1 Å². The van der Waals surface area contributed by atoms with Crippen LogP contribution in [0.15, 0.2) is 24.3 Å². The topological polar surface area (TPSA) is 49.8 Å². The van der Waals surface area contributed by atoms with E-state index in [0.29, 0.717) is 25.3 Å². The van der Waals surface area contributed by atoms with Gasteiger partial charge in [-0.2, -0.15) is 0 Å². The minimum atomic E-state index is -0.624. The molecule has 1 N–H and O–H groups in total. The first-order valence-corrected chi connectivity index (χ1v) is 6.93. The molecule has 4 nitrogen and oxygen atoms in total. The first-order valence-electron chi connectivity index (χ1n) is 6.93. The lowest BCUT2D eigenvalue weighted by Crippen LogP contribution is -2.41. The molecular formula is C15H18FNO3. The molecule has 0 saturated carbocycles. The smallest absolute Gasteiger partial charge is 0.227 e. The molecule has 1 aromatic carbocycles. The van der Waals surface area contributed by atoms with Gasteiger partial charge in [0.1, 0.15) is 17.5 Å². The summed E-state index contributed by atoms with van der Waals surface area (Å²) in [5.74, 6) is -0.436. The molecule has 2 saturated heterocycles. The van der Waals surface area contributed by atoms with Crippen molar-refractivity contribution in [2.75, 3.05) is 19.7 Å². The molecule has 2 aliphatic heterocycles. The average molecular weight is 279 g/mol. The van der Waals surface area contributed by atoms with Crippen molar-refractivity contribution in [3.63, 3.8) is 0 Å². The van der Waals surface area contributed by atoms with Gasteiger partial charge in [0.25, 0.3) is 0 Å². The van der Waals surface area contributed by atoms with Crippen LogP contribution in [0.3, 0.4) is 0 Å². The molecule has 1 amide bonds. The Kier molecular flexibility index (Phi) is 3.48. The van der Waals surface area contributed by atoms with Gasteiger partial charge in [-0.05, 0) is 30.5 Å². The predicted molar refractivity (Wildman–Crippen MR) is 70.6 cm³/mol. The van der Waals surface area contributed by atoms with Gasteiger partial charge in [-0.1, -0.05) is 12.1 Å². The van der Waals surface area contributed by atoms with Crippen molar-refractivity contribution < 1.29 is 19.0 Å². The Morgan fingerprint density at radius 2 is 2.40 bits per heavy atom. The van der Waals surface area contributed by atoms with Crippen molar-refractivity contribution >= 4 is 5.91 Å². The summed E-state index contributed by atoms with van der Waals surface area (Å²) < 4.78 is 18.8. The number of hydrogen-bond acceptors (Lipinski definition) is 3. The zero-order chi connectivity index (χ0) is 14.2. The van der Waals surface area contributed by atoms with Gasteiger partial charge in [-0.3, -0.25) is 4.79 Å². The zero-order valence-corrected chi connectivity index (χ0v) is 11.2. The fraction of sp³-hybridized carbons (Fsp3) is 0.533. The molecule has 2 heterocycles. The minimum absolute atomic E-state index is 0.0953. The number of hydrogen-bond donors (Lipinski definition) is 1. The second kappa shape index (κ2) is 5.14. The molecule has 2 aliphatic rings. The largest absolute Gasteiger partial charge is 0.388 e. The van der Waals surface area contributed by atoms with Crippen LogP contribution in [0.2, 0.25) is 0 Å². The lowest BCUT2D eigenvalue weighted by molar-refractivity contribution is -0.130. The number of amides is 1. The maximum absolute atomic E-state index is 13.1. The molecule has 0 aromatic heterocycles. The average Bonchev–Trinajstić information content (AvgIpc) is 2.99. The number of β-amino-alcohol motifs (C(OH)–C–C–N with tert-alkyl or cyclic N) is 1. The van der Waals surface area contributed by atoms with E-state index in [0.717, 1.165) is 12.8 Å². The summed E-state index contributed by atoms with van der Waals surface area (Å²) in [7, 11) is 0. The highest BCUT2D eigenvalue weighted by Crippen LogP contribution is 2.35. The second-order valence-corrected chi connectivity index (χ2v) is 5.61. The molecule has 1 spiro atoms. The quantitative estimate of drug-likeness (QED) is 0.882. The SMILES string of the molecule is O=C(Cc1cccc(F)c1)N1C[C@H](O)[C@]2(CCCO2)C1. The lowest BCUT2D eigenvalue weighted by atomic mass is 9.97. The van der Waals surface area contributed by atoms with Crippen LogP contribution in [0.4, 0.5) is 4.39 Å². The number of carbonyl (C=O) groups is 1. The lowest BCUT2D eigenvalue weighted by Gasteiger charge is -2.25. The van der Waals surface area contributed by atoms with Crippen LogP contribution < -0.4 is 0 Å². The van der Waals surface area contributed by atoms with Crippen molar-refractivity contribution in [2.24, 2.45) is 0 Å². The number of likely N-dealkylation sites (tertiary alicyclic amines) is 1. The monoisotopic (exact) mass is 279 g/mol. The van der Waals surface area contributed by atoms with Gasteiger partial charge in [-0.25, -0.2) is 4.39 Å². The Labute approximate surface area is 117 Å². The summed E-state index contributed by atoms with van der Waals surface area (Å²) >= 11 is 0. The predicted octanol–water partition coefficient (Wildman–Crippen LogP) is 1.12. The van der Waals surface area contributed by atoms with E-state index in [1.807, 2.05) is 0 Å². The second-order valence-electron chi connectivity index (χ2n) is 5.61. The van der Waals surface area contributed by atoms with Crippen molar-refractivity contribution in [1.82, 2.24) is 4.90 Å². The highest BCUT2D eigenvalue weighted by atomic mass is 19.1. The molecular weight excluding hydrogens is 261 g/mol. The fourth-order valence-corrected chi connectivity index (χ4v) is 3.10. The summed E-state index contributed by atoms with van der Waals surface area (Å²) in [4.78, 5) is 13.9. The molecule has 0 radical (unpaired) electrons. The van der Waals surface area contributed by atoms with Gasteiger partial charge in [0.05, 0.1) is 13.0 Å². The highest BCUT2D eigenvalue weighted by molar-refractivity contribution is 5.79. The van der Waals surface area contributed by atoms with Crippen molar-refractivity contribution in [1.29, 1.82) is 0 Å². The Morgan fingerprint density at radius 3 is 3.10 bits per heavy atom. The number of nitrogens with zero attached hydrogens (tertiary/aromatic N) is 1. The van der Waals surface area contributed by atoms with Crippen molar-refractivity contribution in [2.45, 2.75) is 31.0 Å². The van der Waals surface area contributed by atoms with Crippen LogP contribution in [0.25, 0.3) is 0 Å². The van der Waals surface area contributed by atoms with Crippen LogP contribution in [0, 0.1) is 5.82 Å². The standard InChI is InChI=1S/C15H18FNO3/c16-12-4-1-3-11(7-12)8-14(19)17-9-13(18)15(10-17)5-2-6-20-15/h1,3-4,7,13,18H,2,5-6,8-10H2/t13-,15-/m0/s1. The van der Waals surface area contributed by atoms with Crippen LogP contribution in [0.5, 0.6) is 0 Å². The number of ether oxygens (including phenoxy) is 1. The van der Waals surface area contributed by atoms with Gasteiger partial charge in [0, 0.05) is 13.2 Å². The minimum Gasteiger partial charge on any atom is -0.388 e. The summed E-state index contributed by atoms with van der Waals surface area (Å²) in [5, 5.41) is 10.1. The molecule has 108 valence electrons. The summed E-state index contributed by atoms with van der Waals surface area (Å²) in [6, 6.07) is 6.05. The molecule has 2 atom stereocenters. The Hall–Kier alpha value is -1.46. The molecule has 0 unspecified atom stereocenters. The number of aliphatic hydroxyl groups is 1. The Balaban J connectivity index is 1.67. The van der Waals surface area contributed by atoms with Crippen LogP contribution in [-0.4, -0.2) is 47.3 Å². The molecule has 3 rings (SSSR count). The zero-order valence-electron chi connectivity index (χ0n) is 11.2. The van der Waals surface area contributed by atoms with E-state index >= 15 is 0 Å². The van der Waals surface area contributed by atoms with Crippen molar-refractivity contribution in [3.8, 4) is 0 Å². The third-order valence-electron chi connectivity index (χ3n) is 4.19. The van der Waals surface area contributed by atoms with Gasteiger partial charge < -0.3 is 14.7 Å². The van der Waals surface area contributed by atoms with E-state index in [2.05, 4.69) is 0 Å². The third kappa shape index (κ3) is 2.43. The normalized spacial score (nSPS) is 29.3. The molecule has 5 heteroatoms. The van der Waals surface area contributed by atoms with Crippen LogP contribution in [0.1, 0.15) is 18.4 Å². The molecule has 20 heavy (non-hydrogen) atoms. The first-order chi connectivity index (χ1) is 9.59. The fourth-order valence-electron chi connectivity index (χ4n) is 3.10. The number of aliphatic hydroxyl groups excluding tert-OH is 1. The van der Waals surface area contributed by atoms with Gasteiger partial charge >= 0.3 is 0 Å². The van der Waals surface area contributed by atoms with E-state index in [1.54, 1.807) is 17.0 Å². The van der Waals surface area contributed by atoms with E-state index in [9.17, 15) is 14.3 Å². The number of carbonyl (C=O) groups excluding carboxylic acids is 1. The molecule has 0 bridgehead atoms. The van der Waals surface area contributed by atoms with E-state index < -0.39 is 11.7 Å². The molecule has 2 fully saturated rings. The summed E-state index contributed by atoms with van der Waals surface area (Å²) in [6.07, 6.45) is 1.24. The van der Waals surface area contributed by atoms with Crippen LogP contribution >= 0.6 is 0 Å². The highest BCUT2D eigenvalue weighted by Gasteiger charge is 2.50. The van der Waals surface area contributed by atoms with E-state index in [4.69, 9.17) is 4.74 Å². The van der Waals surface area contributed by atoms with Gasteiger partial charge in [-0.15, -0.1) is 0 Å². The van der Waals surface area contributed by atoms with Crippen molar-refractivity contribution in [3.05, 3.63) is 35.6 Å². The van der Waals surface area contributed by atoms with Crippen LogP contribution in [-0.2, 0) is 16.0 Å². The summed E-state index contributed by atoms with van der Waals surface area (Å²) in [6.45, 7) is 1.37. The van der Waals surface area contributed by atoms with E-state index in [1.165, 1.54) is 12.1 Å². The maximum atomic E-state index is 13.1. The first kappa shape index (κ1) is 13.5. The third-order valence-corrected chi connectivity index (χ3v) is 4.19.